The largest absolute Gasteiger partial charge is 0.342 e. The summed E-state index contributed by atoms with van der Waals surface area (Å²) >= 11 is 0. The molecule has 1 aliphatic heterocycles. The van der Waals surface area contributed by atoms with Gasteiger partial charge < -0.3 is 4.90 Å². The maximum Gasteiger partial charge on any atom is 0.225 e. The van der Waals surface area contributed by atoms with Crippen LogP contribution in [-0.4, -0.2) is 43.8 Å². The predicted molar refractivity (Wildman–Crippen MR) is 110 cm³/mol. The molecule has 0 radical (unpaired) electrons. The molecule has 1 saturated heterocycles. The van der Waals surface area contributed by atoms with E-state index in [1.54, 1.807) is 12.4 Å². The lowest BCUT2D eigenvalue weighted by Gasteiger charge is -2.36. The highest BCUT2D eigenvalue weighted by atomic mass is 16.2. The first kappa shape index (κ1) is 18.6. The van der Waals surface area contributed by atoms with Gasteiger partial charge in [0.25, 0.3) is 0 Å². The number of nitrogens with zero attached hydrogens (tertiary/aromatic N) is 5. The maximum atomic E-state index is 13.0. The zero-order valence-corrected chi connectivity index (χ0v) is 16.9. The zero-order chi connectivity index (χ0) is 19.6. The molecular formula is C23H29N5O. The smallest absolute Gasteiger partial charge is 0.225 e. The number of aromatic nitrogens is 4. The van der Waals surface area contributed by atoms with E-state index < -0.39 is 0 Å². The van der Waals surface area contributed by atoms with Gasteiger partial charge in [0.1, 0.15) is 12.2 Å². The van der Waals surface area contributed by atoms with Crippen molar-refractivity contribution in [2.75, 3.05) is 13.1 Å². The van der Waals surface area contributed by atoms with Crippen molar-refractivity contribution >= 4 is 5.91 Å². The van der Waals surface area contributed by atoms with Crippen LogP contribution in [0.15, 0.2) is 31.0 Å². The van der Waals surface area contributed by atoms with Crippen LogP contribution in [-0.2, 0) is 4.79 Å². The molecule has 6 heteroatoms. The van der Waals surface area contributed by atoms with Crippen molar-refractivity contribution < 1.29 is 4.79 Å². The standard InChI is InChI=1S/C23H29N5O/c29-23(19-5-3-17(4-6-19)16-1-2-16)28-11-8-18(9-12-28)22-26-10-7-21(27-22)20-13-24-15-25-14-20/h7,10,13-19H,1-6,8-9,11-12H2. The molecule has 0 bridgehead atoms. The van der Waals surface area contributed by atoms with Crippen LogP contribution < -0.4 is 0 Å². The number of amides is 1. The molecule has 2 aromatic rings. The third-order valence-electron chi connectivity index (χ3n) is 7.11. The molecule has 0 spiro atoms. The number of hydrogen-bond donors (Lipinski definition) is 0. The summed E-state index contributed by atoms with van der Waals surface area (Å²) in [6, 6.07) is 1.90. The van der Waals surface area contributed by atoms with Gasteiger partial charge in [0, 0.05) is 49.1 Å². The highest BCUT2D eigenvalue weighted by molar-refractivity contribution is 5.79. The van der Waals surface area contributed by atoms with Gasteiger partial charge in [-0.1, -0.05) is 0 Å². The number of carbonyl (C=O) groups is 1. The van der Waals surface area contributed by atoms with Gasteiger partial charge in [0.05, 0.1) is 5.69 Å². The normalized spacial score (nSPS) is 25.7. The van der Waals surface area contributed by atoms with Crippen molar-refractivity contribution in [3.05, 3.63) is 36.8 Å². The summed E-state index contributed by atoms with van der Waals surface area (Å²) in [4.78, 5) is 32.6. The van der Waals surface area contributed by atoms with Crippen LogP contribution in [0.1, 0.15) is 63.1 Å². The molecule has 152 valence electrons. The quantitative estimate of drug-likeness (QED) is 0.791. The maximum absolute atomic E-state index is 13.0. The second kappa shape index (κ2) is 8.17. The lowest BCUT2D eigenvalue weighted by molar-refractivity contribution is -0.138. The molecule has 2 aromatic heterocycles. The number of rotatable bonds is 4. The van der Waals surface area contributed by atoms with Gasteiger partial charge in [-0.2, -0.15) is 0 Å². The van der Waals surface area contributed by atoms with E-state index in [4.69, 9.17) is 4.98 Å². The van der Waals surface area contributed by atoms with Crippen LogP contribution in [0.4, 0.5) is 0 Å². The Balaban J connectivity index is 1.17. The van der Waals surface area contributed by atoms with Gasteiger partial charge >= 0.3 is 0 Å². The third-order valence-corrected chi connectivity index (χ3v) is 7.11. The summed E-state index contributed by atoms with van der Waals surface area (Å²) in [6.07, 6.45) is 16.4. The van der Waals surface area contributed by atoms with E-state index in [1.807, 2.05) is 12.3 Å². The minimum atomic E-state index is 0.263. The van der Waals surface area contributed by atoms with Gasteiger partial charge in [-0.05, 0) is 69.3 Å². The van der Waals surface area contributed by atoms with E-state index in [-0.39, 0.29) is 5.92 Å². The van der Waals surface area contributed by atoms with Crippen molar-refractivity contribution in [3.8, 4) is 11.3 Å². The Hall–Kier alpha value is -2.37. The van der Waals surface area contributed by atoms with Crippen LogP contribution in [0, 0.1) is 17.8 Å². The van der Waals surface area contributed by atoms with Gasteiger partial charge in [-0.15, -0.1) is 0 Å². The molecule has 0 atom stereocenters. The monoisotopic (exact) mass is 391 g/mol. The topological polar surface area (TPSA) is 71.9 Å². The zero-order valence-electron chi connectivity index (χ0n) is 16.9. The molecule has 6 nitrogen and oxygen atoms in total. The summed E-state index contributed by atoms with van der Waals surface area (Å²) in [5.74, 6) is 3.75. The minimum absolute atomic E-state index is 0.263. The third kappa shape index (κ3) is 4.16. The molecule has 3 heterocycles. The van der Waals surface area contributed by atoms with E-state index in [2.05, 4.69) is 19.9 Å². The number of hydrogen-bond acceptors (Lipinski definition) is 5. The second-order valence-corrected chi connectivity index (χ2v) is 8.98. The predicted octanol–water partition coefficient (Wildman–Crippen LogP) is 3.86. The highest BCUT2D eigenvalue weighted by Crippen LogP contribution is 2.45. The molecular weight excluding hydrogens is 362 g/mol. The summed E-state index contributed by atoms with van der Waals surface area (Å²) < 4.78 is 0. The lowest BCUT2D eigenvalue weighted by Crippen LogP contribution is -2.42. The van der Waals surface area contributed by atoms with E-state index >= 15 is 0 Å². The van der Waals surface area contributed by atoms with Crippen LogP contribution in [0.25, 0.3) is 11.3 Å². The van der Waals surface area contributed by atoms with Crippen molar-refractivity contribution in [2.45, 2.75) is 57.3 Å². The molecule has 2 aliphatic carbocycles. The Bertz CT molecular complexity index is 837. The summed E-state index contributed by atoms with van der Waals surface area (Å²) in [5.41, 5.74) is 1.77. The van der Waals surface area contributed by atoms with Gasteiger partial charge in [-0.25, -0.2) is 19.9 Å². The molecule has 0 N–H and O–H groups in total. The minimum Gasteiger partial charge on any atom is -0.342 e. The van der Waals surface area contributed by atoms with Gasteiger partial charge in [0.15, 0.2) is 0 Å². The van der Waals surface area contributed by atoms with E-state index in [0.29, 0.717) is 11.8 Å². The van der Waals surface area contributed by atoms with Gasteiger partial charge in [0.2, 0.25) is 5.91 Å². The van der Waals surface area contributed by atoms with Gasteiger partial charge in [-0.3, -0.25) is 4.79 Å². The fourth-order valence-electron chi connectivity index (χ4n) is 5.18. The Labute approximate surface area is 172 Å². The number of piperidine rings is 1. The van der Waals surface area contributed by atoms with Crippen molar-refractivity contribution in [1.29, 1.82) is 0 Å². The van der Waals surface area contributed by atoms with Crippen molar-refractivity contribution in [3.63, 3.8) is 0 Å². The Kier molecular flexibility index (Phi) is 5.25. The second-order valence-electron chi connectivity index (χ2n) is 8.98. The fraction of sp³-hybridized carbons (Fsp3) is 0.609. The molecule has 0 unspecified atom stereocenters. The molecule has 3 aliphatic rings. The highest BCUT2D eigenvalue weighted by Gasteiger charge is 2.37. The molecule has 2 saturated carbocycles. The molecule has 3 fully saturated rings. The van der Waals surface area contributed by atoms with Crippen molar-refractivity contribution in [2.24, 2.45) is 17.8 Å². The van der Waals surface area contributed by atoms with E-state index in [9.17, 15) is 4.79 Å². The number of likely N-dealkylation sites (tertiary alicyclic amines) is 1. The summed E-state index contributed by atoms with van der Waals surface area (Å²) in [7, 11) is 0. The SMILES string of the molecule is O=C(C1CCC(C2CC2)CC1)N1CCC(c2nccc(-c3cncnc3)n2)CC1. The van der Waals surface area contributed by atoms with E-state index in [1.165, 1.54) is 32.0 Å². The van der Waals surface area contributed by atoms with Crippen LogP contribution >= 0.6 is 0 Å². The first-order valence-corrected chi connectivity index (χ1v) is 11.1. The molecule has 0 aromatic carbocycles. The average molecular weight is 392 g/mol. The Morgan fingerprint density at radius 3 is 2.21 bits per heavy atom. The molecule has 5 rings (SSSR count). The molecule has 1 amide bonds. The van der Waals surface area contributed by atoms with Crippen molar-refractivity contribution in [1.82, 2.24) is 24.8 Å². The van der Waals surface area contributed by atoms with Crippen LogP contribution in [0.3, 0.4) is 0 Å². The first-order valence-electron chi connectivity index (χ1n) is 11.1. The first-order chi connectivity index (χ1) is 14.3. The lowest BCUT2D eigenvalue weighted by atomic mass is 9.79. The fourth-order valence-corrected chi connectivity index (χ4v) is 5.18. The Morgan fingerprint density at radius 1 is 0.897 bits per heavy atom. The number of carbonyl (C=O) groups excluding carboxylic acids is 1. The molecule has 29 heavy (non-hydrogen) atoms. The average Bonchev–Trinajstić information content (AvgIpc) is 3.65. The summed E-state index contributed by atoms with van der Waals surface area (Å²) in [5, 5.41) is 0. The Morgan fingerprint density at radius 2 is 1.55 bits per heavy atom. The summed E-state index contributed by atoms with van der Waals surface area (Å²) in [6.45, 7) is 1.65. The van der Waals surface area contributed by atoms with E-state index in [0.717, 1.165) is 67.7 Å². The van der Waals surface area contributed by atoms with Crippen LogP contribution in [0.2, 0.25) is 0 Å². The van der Waals surface area contributed by atoms with Crippen LogP contribution in [0.5, 0.6) is 0 Å².